The lowest BCUT2D eigenvalue weighted by molar-refractivity contribution is -0.149. The molecule has 34 heavy (non-hydrogen) atoms. The first-order valence-corrected chi connectivity index (χ1v) is 13.5. The third-order valence-electron chi connectivity index (χ3n) is 6.69. The van der Waals surface area contributed by atoms with Gasteiger partial charge in [0, 0.05) is 41.4 Å². The van der Waals surface area contributed by atoms with Crippen molar-refractivity contribution in [2.24, 2.45) is 0 Å². The number of nitrogens with zero attached hydrogens (tertiary/aromatic N) is 2. The van der Waals surface area contributed by atoms with Gasteiger partial charge < -0.3 is 14.5 Å². The zero-order chi connectivity index (χ0) is 24.4. The number of esters is 1. The first kappa shape index (κ1) is 25.0. The highest BCUT2D eigenvalue weighted by molar-refractivity contribution is 7.85. The van der Waals surface area contributed by atoms with Gasteiger partial charge in [-0.15, -0.1) is 0 Å². The Hall–Kier alpha value is -2.09. The van der Waals surface area contributed by atoms with Crippen molar-refractivity contribution in [3.05, 3.63) is 58.1 Å². The minimum Gasteiger partial charge on any atom is -0.462 e. The number of hydrogen-bond acceptors (Lipinski definition) is 5. The van der Waals surface area contributed by atoms with Gasteiger partial charge in [0.25, 0.3) is 5.91 Å². The van der Waals surface area contributed by atoms with Gasteiger partial charge in [0.05, 0.1) is 20.7 Å². The van der Waals surface area contributed by atoms with E-state index < -0.39 is 16.8 Å². The molecule has 9 heteroatoms. The van der Waals surface area contributed by atoms with Crippen LogP contribution in [0.4, 0.5) is 5.69 Å². The van der Waals surface area contributed by atoms with Crippen LogP contribution in [0, 0.1) is 0 Å². The van der Waals surface area contributed by atoms with Crippen LogP contribution in [0.1, 0.15) is 43.5 Å². The predicted molar refractivity (Wildman–Crippen MR) is 135 cm³/mol. The lowest BCUT2D eigenvalue weighted by Gasteiger charge is -2.46. The lowest BCUT2D eigenvalue weighted by Crippen LogP contribution is -2.59. The van der Waals surface area contributed by atoms with E-state index in [-0.39, 0.29) is 34.9 Å². The quantitative estimate of drug-likeness (QED) is 0.502. The van der Waals surface area contributed by atoms with Crippen LogP contribution in [0.25, 0.3) is 0 Å². The van der Waals surface area contributed by atoms with Gasteiger partial charge in [-0.25, -0.2) is 0 Å². The van der Waals surface area contributed by atoms with Gasteiger partial charge in [-0.05, 0) is 69.5 Å². The van der Waals surface area contributed by atoms with Gasteiger partial charge in [-0.3, -0.25) is 13.8 Å². The van der Waals surface area contributed by atoms with Crippen LogP contribution in [-0.2, 0) is 20.3 Å². The fraction of sp³-hybridized carbons (Fsp3) is 0.440. The van der Waals surface area contributed by atoms with Crippen LogP contribution in [0.5, 0.6) is 0 Å². The van der Waals surface area contributed by atoms with E-state index in [1.807, 2.05) is 36.1 Å². The van der Waals surface area contributed by atoms with Gasteiger partial charge in [-0.1, -0.05) is 29.3 Å². The number of carbonyl (C=O) groups is 2. The van der Waals surface area contributed by atoms with Crippen LogP contribution in [-0.4, -0.2) is 58.0 Å². The average Bonchev–Trinajstić information content (AvgIpc) is 2.77. The number of halogens is 2. The van der Waals surface area contributed by atoms with Crippen molar-refractivity contribution in [1.82, 2.24) is 4.90 Å². The molecule has 6 nitrogen and oxygen atoms in total. The third-order valence-corrected chi connectivity index (χ3v) is 8.69. The molecule has 2 aromatic carbocycles. The Morgan fingerprint density at radius 2 is 1.82 bits per heavy atom. The molecule has 2 aromatic rings. The fourth-order valence-electron chi connectivity index (χ4n) is 4.33. The smallest absolute Gasteiger partial charge is 0.319 e. The van der Waals surface area contributed by atoms with Crippen molar-refractivity contribution in [2.45, 2.75) is 56.2 Å². The van der Waals surface area contributed by atoms with Crippen molar-refractivity contribution >= 4 is 51.6 Å². The normalized spacial score (nSPS) is 21.6. The lowest BCUT2D eigenvalue weighted by atomic mass is 9.96. The molecule has 2 fully saturated rings. The van der Waals surface area contributed by atoms with E-state index in [1.54, 1.807) is 12.1 Å². The number of carbonyl (C=O) groups excluding carboxylic acids is 2. The topological polar surface area (TPSA) is 66.9 Å². The monoisotopic (exact) mass is 522 g/mol. The molecule has 0 aromatic heterocycles. The highest BCUT2D eigenvalue weighted by Gasteiger charge is 2.34. The SMILES string of the molecule is CC1[C@@H](C)N(c2cccc(Cl)c2)CCN1C(=O)c1ccc(S(=O)CC(=O)OC2CCC2)c(Cl)c1. The first-order chi connectivity index (χ1) is 16.2. The molecular weight excluding hydrogens is 495 g/mol. The predicted octanol–water partition coefficient (Wildman–Crippen LogP) is 4.94. The molecule has 4 rings (SSSR count). The summed E-state index contributed by atoms with van der Waals surface area (Å²) in [5.74, 6) is -0.864. The number of benzene rings is 2. The van der Waals surface area contributed by atoms with Gasteiger partial charge in [0.15, 0.2) is 0 Å². The molecule has 0 radical (unpaired) electrons. The molecule has 1 saturated carbocycles. The van der Waals surface area contributed by atoms with Crippen molar-refractivity contribution in [1.29, 1.82) is 0 Å². The number of piperazine rings is 1. The number of rotatable bonds is 6. The van der Waals surface area contributed by atoms with Crippen LogP contribution in [0.15, 0.2) is 47.4 Å². The Morgan fingerprint density at radius 3 is 2.47 bits per heavy atom. The average molecular weight is 523 g/mol. The van der Waals surface area contributed by atoms with Gasteiger partial charge >= 0.3 is 5.97 Å². The Balaban J connectivity index is 1.42. The van der Waals surface area contributed by atoms with Gasteiger partial charge in [0.1, 0.15) is 11.9 Å². The molecule has 0 N–H and O–H groups in total. The molecule has 1 amide bonds. The van der Waals surface area contributed by atoms with Gasteiger partial charge in [0.2, 0.25) is 0 Å². The molecular formula is C25H28Cl2N2O4S. The summed E-state index contributed by atoms with van der Waals surface area (Å²) in [6, 6.07) is 12.5. The summed E-state index contributed by atoms with van der Waals surface area (Å²) >= 11 is 12.5. The Labute approximate surface area is 212 Å². The summed E-state index contributed by atoms with van der Waals surface area (Å²) < 4.78 is 17.9. The van der Waals surface area contributed by atoms with Crippen LogP contribution in [0.3, 0.4) is 0 Å². The largest absolute Gasteiger partial charge is 0.462 e. The maximum absolute atomic E-state index is 13.3. The second-order valence-electron chi connectivity index (χ2n) is 8.83. The summed E-state index contributed by atoms with van der Waals surface area (Å²) in [5.41, 5.74) is 1.46. The van der Waals surface area contributed by atoms with E-state index in [0.717, 1.165) is 24.9 Å². The maximum atomic E-state index is 13.3. The van der Waals surface area contributed by atoms with E-state index in [9.17, 15) is 13.8 Å². The van der Waals surface area contributed by atoms with Crippen LogP contribution in [0.2, 0.25) is 10.0 Å². The summed E-state index contributed by atoms with van der Waals surface area (Å²) in [7, 11) is -1.64. The highest BCUT2D eigenvalue weighted by Crippen LogP contribution is 2.29. The summed E-state index contributed by atoms with van der Waals surface area (Å²) in [6.45, 7) is 5.34. The maximum Gasteiger partial charge on any atom is 0.319 e. The molecule has 0 bridgehead atoms. The Bertz CT molecular complexity index is 1110. The van der Waals surface area contributed by atoms with Gasteiger partial charge in [-0.2, -0.15) is 0 Å². The van der Waals surface area contributed by atoms with Crippen molar-refractivity contribution < 1.29 is 18.5 Å². The molecule has 1 saturated heterocycles. The standard InChI is InChI=1S/C25H28Cl2N2O4S/c1-16-17(2)29(12-11-28(16)20-6-3-5-19(26)14-20)25(31)18-9-10-23(22(27)13-18)34(32)15-24(30)33-21-7-4-8-21/h3,5-6,9-10,13-14,16-17,21H,4,7-8,11-12,15H2,1-2H3/t16-,17?,34?/m1/s1. The van der Waals surface area contributed by atoms with Crippen LogP contribution >= 0.6 is 23.2 Å². The molecule has 182 valence electrons. The molecule has 0 spiro atoms. The Morgan fingerprint density at radius 1 is 1.06 bits per heavy atom. The molecule has 2 unspecified atom stereocenters. The molecule has 3 atom stereocenters. The molecule has 1 aliphatic heterocycles. The number of ether oxygens (including phenoxy) is 1. The number of anilines is 1. The number of amides is 1. The molecule has 2 aliphatic rings. The first-order valence-electron chi connectivity index (χ1n) is 11.4. The molecule has 1 aliphatic carbocycles. The minimum atomic E-state index is -1.64. The summed E-state index contributed by atoms with van der Waals surface area (Å²) in [5, 5.41) is 0.887. The van der Waals surface area contributed by atoms with Crippen LogP contribution < -0.4 is 4.90 Å². The van der Waals surface area contributed by atoms with E-state index in [1.165, 1.54) is 6.07 Å². The highest BCUT2D eigenvalue weighted by atomic mass is 35.5. The fourth-order valence-corrected chi connectivity index (χ4v) is 5.88. The zero-order valence-electron chi connectivity index (χ0n) is 19.2. The summed E-state index contributed by atoms with van der Waals surface area (Å²) in [4.78, 5) is 29.7. The molecule has 1 heterocycles. The minimum absolute atomic E-state index is 0.0471. The second kappa shape index (κ2) is 10.7. The Kier molecular flexibility index (Phi) is 7.85. The van der Waals surface area contributed by atoms with E-state index >= 15 is 0 Å². The summed E-state index contributed by atoms with van der Waals surface area (Å²) in [6.07, 6.45) is 2.72. The van der Waals surface area contributed by atoms with E-state index in [2.05, 4.69) is 11.8 Å². The zero-order valence-corrected chi connectivity index (χ0v) is 21.5. The van der Waals surface area contributed by atoms with E-state index in [4.69, 9.17) is 27.9 Å². The second-order valence-corrected chi connectivity index (χ2v) is 11.1. The van der Waals surface area contributed by atoms with Crippen molar-refractivity contribution in [3.63, 3.8) is 0 Å². The van der Waals surface area contributed by atoms with E-state index in [0.29, 0.717) is 28.6 Å². The van der Waals surface area contributed by atoms with Crippen molar-refractivity contribution in [2.75, 3.05) is 23.7 Å². The third kappa shape index (κ3) is 5.42. The number of hydrogen-bond donors (Lipinski definition) is 0. The van der Waals surface area contributed by atoms with Crippen molar-refractivity contribution in [3.8, 4) is 0 Å².